The number of carboxylic acid groups (broad SMARTS) is 1. The van der Waals surface area contributed by atoms with Gasteiger partial charge in [0.1, 0.15) is 6.17 Å². The van der Waals surface area contributed by atoms with Crippen LogP contribution in [0.5, 0.6) is 0 Å². The minimum Gasteiger partial charge on any atom is -0.475 e. The third-order valence-corrected chi connectivity index (χ3v) is 2.80. The Morgan fingerprint density at radius 1 is 1.64 bits per heavy atom. The van der Waals surface area contributed by atoms with Crippen molar-refractivity contribution in [1.82, 2.24) is 9.31 Å². The fourth-order valence-corrected chi connectivity index (χ4v) is 2.30. The maximum absolute atomic E-state index is 10.8. The van der Waals surface area contributed by atoms with Crippen LogP contribution in [0.25, 0.3) is 0 Å². The predicted molar refractivity (Wildman–Crippen MR) is 56.8 cm³/mol. The maximum atomic E-state index is 10.8. The van der Waals surface area contributed by atoms with E-state index in [1.165, 1.54) is 11.9 Å². The van der Waals surface area contributed by atoms with E-state index in [2.05, 4.69) is 5.10 Å². The number of hydrogen-bond acceptors (Lipinski definition) is 5. The number of likely N-dealkylation sites (N-methyl/N-ethyl adjacent to an activating group) is 1. The first kappa shape index (κ1) is 11.2. The Balaban J connectivity index is 2.90. The summed E-state index contributed by atoms with van der Waals surface area (Å²) in [5.41, 5.74) is 0. The zero-order valence-corrected chi connectivity index (χ0v) is 9.58. The van der Waals surface area contributed by atoms with Crippen LogP contribution < -0.4 is 0 Å². The molecule has 1 N–H and O–H groups in total. The number of nitrogens with zero attached hydrogens (tertiary/aromatic N) is 3. The van der Waals surface area contributed by atoms with E-state index < -0.39 is 5.97 Å². The van der Waals surface area contributed by atoms with Gasteiger partial charge in [0.05, 0.1) is 0 Å². The third kappa shape index (κ3) is 1.79. The predicted octanol–water partition coefficient (Wildman–Crippen LogP) is 0.892. The average molecular weight is 217 g/mol. The second-order valence-electron chi connectivity index (χ2n) is 3.48. The molecule has 0 aromatic carbocycles. The molecule has 5 nitrogen and oxygen atoms in total. The number of hydrogen-bond donors (Lipinski definition) is 1. The smallest absolute Gasteiger partial charge is 0.373 e. The summed E-state index contributed by atoms with van der Waals surface area (Å²) in [6.45, 7) is 4.09. The molecule has 80 valence electrons. The normalized spacial score (nSPS) is 21.8. The number of amidine groups is 1. The van der Waals surface area contributed by atoms with Gasteiger partial charge in [-0.3, -0.25) is 0 Å². The molecule has 1 unspecified atom stereocenters. The Morgan fingerprint density at radius 2 is 2.21 bits per heavy atom. The van der Waals surface area contributed by atoms with E-state index in [1.807, 2.05) is 20.1 Å². The van der Waals surface area contributed by atoms with Gasteiger partial charge >= 0.3 is 5.97 Å². The van der Waals surface area contributed by atoms with Crippen molar-refractivity contribution >= 4 is 23.8 Å². The molecule has 0 aliphatic carbocycles. The lowest BCUT2D eigenvalue weighted by atomic mass is 10.1. The molecule has 0 aromatic rings. The van der Waals surface area contributed by atoms with Gasteiger partial charge in [-0.15, -0.1) is 5.10 Å². The summed E-state index contributed by atoms with van der Waals surface area (Å²) in [5, 5.41) is 12.9. The highest BCUT2D eigenvalue weighted by atomic mass is 32.2. The standard InChI is InChI=1S/C8H15N3O2S/c1-5(2)7-10(3)6(8(12)13)9-11(7)14-4/h5,7H,1-4H3,(H,12,13). The van der Waals surface area contributed by atoms with Gasteiger partial charge in [-0.1, -0.05) is 13.8 Å². The minimum atomic E-state index is -0.977. The van der Waals surface area contributed by atoms with Crippen LogP contribution in [0.2, 0.25) is 0 Å². The van der Waals surface area contributed by atoms with Crippen molar-refractivity contribution in [2.24, 2.45) is 11.0 Å². The van der Waals surface area contributed by atoms with Gasteiger partial charge in [-0.25, -0.2) is 9.21 Å². The Morgan fingerprint density at radius 3 is 2.50 bits per heavy atom. The van der Waals surface area contributed by atoms with Crippen molar-refractivity contribution < 1.29 is 9.90 Å². The van der Waals surface area contributed by atoms with Crippen LogP contribution in [0.3, 0.4) is 0 Å². The van der Waals surface area contributed by atoms with Crippen molar-refractivity contribution in [3.05, 3.63) is 0 Å². The molecule has 0 saturated heterocycles. The van der Waals surface area contributed by atoms with Gasteiger partial charge in [-0.2, -0.15) is 0 Å². The molecule has 1 heterocycles. The van der Waals surface area contributed by atoms with Crippen LogP contribution >= 0.6 is 11.9 Å². The molecule has 0 fully saturated rings. The summed E-state index contributed by atoms with van der Waals surface area (Å²) < 4.78 is 1.73. The topological polar surface area (TPSA) is 56.1 Å². The van der Waals surface area contributed by atoms with Crippen LogP contribution in [-0.2, 0) is 4.79 Å². The highest BCUT2D eigenvalue weighted by Gasteiger charge is 2.36. The maximum Gasteiger partial charge on any atom is 0.373 e. The van der Waals surface area contributed by atoms with Gasteiger partial charge in [0.15, 0.2) is 0 Å². The largest absolute Gasteiger partial charge is 0.475 e. The molecule has 1 aliphatic rings. The quantitative estimate of drug-likeness (QED) is 0.712. The molecule has 14 heavy (non-hydrogen) atoms. The zero-order valence-electron chi connectivity index (χ0n) is 8.76. The van der Waals surface area contributed by atoms with Crippen LogP contribution in [0.4, 0.5) is 0 Å². The lowest BCUT2D eigenvalue weighted by Gasteiger charge is -2.29. The summed E-state index contributed by atoms with van der Waals surface area (Å²) in [6, 6.07) is 0. The summed E-state index contributed by atoms with van der Waals surface area (Å²) in [5.74, 6) is -0.541. The van der Waals surface area contributed by atoms with Crippen LogP contribution in [0.1, 0.15) is 13.8 Å². The monoisotopic (exact) mass is 217 g/mol. The van der Waals surface area contributed by atoms with Gasteiger partial charge in [-0.05, 0) is 17.9 Å². The second kappa shape index (κ2) is 4.08. The van der Waals surface area contributed by atoms with E-state index in [0.29, 0.717) is 5.92 Å². The molecule has 0 radical (unpaired) electrons. The van der Waals surface area contributed by atoms with Crippen LogP contribution in [-0.4, -0.2) is 45.7 Å². The molecule has 0 bridgehead atoms. The van der Waals surface area contributed by atoms with Gasteiger partial charge < -0.3 is 10.0 Å². The SMILES string of the molecule is CSN1N=C(C(=O)O)N(C)C1C(C)C. The fourth-order valence-electron chi connectivity index (χ4n) is 1.54. The van der Waals surface area contributed by atoms with Crippen molar-refractivity contribution in [2.45, 2.75) is 20.0 Å². The first-order valence-electron chi connectivity index (χ1n) is 4.37. The Bertz CT molecular complexity index is 267. The molecule has 1 rings (SSSR count). The number of hydrazone groups is 1. The highest BCUT2D eigenvalue weighted by molar-refractivity contribution is 7.96. The molecule has 1 atom stereocenters. The van der Waals surface area contributed by atoms with Crippen molar-refractivity contribution in [3.8, 4) is 0 Å². The Kier molecular flexibility index (Phi) is 3.25. The molecule has 0 aromatic heterocycles. The average Bonchev–Trinajstić information content (AvgIpc) is 2.42. The van der Waals surface area contributed by atoms with Gasteiger partial charge in [0, 0.05) is 13.3 Å². The minimum absolute atomic E-state index is 0.0242. The van der Waals surface area contributed by atoms with Crippen LogP contribution in [0.15, 0.2) is 5.10 Å². The zero-order chi connectivity index (χ0) is 10.9. The lowest BCUT2D eigenvalue weighted by Crippen LogP contribution is -2.42. The summed E-state index contributed by atoms with van der Waals surface area (Å²) in [7, 11) is 1.76. The summed E-state index contributed by atoms with van der Waals surface area (Å²) in [4.78, 5) is 12.5. The van der Waals surface area contributed by atoms with Crippen molar-refractivity contribution in [1.29, 1.82) is 0 Å². The van der Waals surface area contributed by atoms with E-state index in [1.54, 1.807) is 16.4 Å². The fraction of sp³-hybridized carbons (Fsp3) is 0.750. The lowest BCUT2D eigenvalue weighted by molar-refractivity contribution is -0.130. The van der Waals surface area contributed by atoms with Gasteiger partial charge in [0.2, 0.25) is 5.84 Å². The number of carboxylic acids is 1. The van der Waals surface area contributed by atoms with E-state index in [9.17, 15) is 4.79 Å². The first-order chi connectivity index (χ1) is 6.49. The Hall–Kier alpha value is -0.910. The number of rotatable bonds is 3. The number of carbonyl (C=O) groups is 1. The van der Waals surface area contributed by atoms with Crippen LogP contribution in [0, 0.1) is 5.92 Å². The molecule has 1 aliphatic heterocycles. The van der Waals surface area contributed by atoms with E-state index >= 15 is 0 Å². The molecule has 0 saturated carbocycles. The van der Waals surface area contributed by atoms with Gasteiger partial charge in [0.25, 0.3) is 0 Å². The van der Waals surface area contributed by atoms with Crippen molar-refractivity contribution in [3.63, 3.8) is 0 Å². The number of aliphatic carboxylic acids is 1. The van der Waals surface area contributed by atoms with E-state index in [0.717, 1.165) is 0 Å². The molecule has 0 amide bonds. The third-order valence-electron chi connectivity index (χ3n) is 2.13. The summed E-state index contributed by atoms with van der Waals surface area (Å²) >= 11 is 1.43. The molecular weight excluding hydrogens is 202 g/mol. The van der Waals surface area contributed by atoms with E-state index in [4.69, 9.17) is 5.11 Å². The first-order valence-corrected chi connectivity index (χ1v) is 5.55. The highest BCUT2D eigenvalue weighted by Crippen LogP contribution is 2.26. The molecule has 0 spiro atoms. The molecule has 6 heteroatoms. The van der Waals surface area contributed by atoms with E-state index in [-0.39, 0.29) is 12.0 Å². The summed E-state index contributed by atoms with van der Waals surface area (Å²) in [6.07, 6.45) is 1.91. The Labute approximate surface area is 87.9 Å². The second-order valence-corrected chi connectivity index (χ2v) is 4.22. The van der Waals surface area contributed by atoms with Crippen molar-refractivity contribution in [2.75, 3.05) is 13.3 Å². The molecular formula is C8H15N3O2S.